The highest BCUT2D eigenvalue weighted by Gasteiger charge is 1.98. The van der Waals surface area contributed by atoms with Crippen molar-refractivity contribution in [3.8, 4) is 0 Å². The molecule has 19 heavy (non-hydrogen) atoms. The van der Waals surface area contributed by atoms with Crippen LogP contribution in [-0.4, -0.2) is 31.1 Å². The zero-order valence-electron chi connectivity index (χ0n) is 11.9. The second kappa shape index (κ2) is 11.4. The van der Waals surface area contributed by atoms with Crippen molar-refractivity contribution in [2.45, 2.75) is 20.4 Å². The second-order valence-corrected chi connectivity index (χ2v) is 5.03. The summed E-state index contributed by atoms with van der Waals surface area (Å²) in [7, 11) is 0. The first-order valence-corrected chi connectivity index (χ1v) is 7.73. The monoisotopic (exact) mass is 393 g/mol. The topological polar surface area (TPSA) is 36.4 Å². The van der Waals surface area contributed by atoms with Crippen molar-refractivity contribution in [1.29, 1.82) is 0 Å². The number of benzene rings is 1. The van der Waals surface area contributed by atoms with Crippen molar-refractivity contribution in [2.24, 2.45) is 4.99 Å². The Morgan fingerprint density at radius 2 is 2.00 bits per heavy atom. The van der Waals surface area contributed by atoms with Crippen LogP contribution >= 0.6 is 35.7 Å². The molecule has 0 spiro atoms. The van der Waals surface area contributed by atoms with E-state index in [0.717, 1.165) is 31.3 Å². The molecule has 0 heterocycles. The summed E-state index contributed by atoms with van der Waals surface area (Å²) in [5.41, 5.74) is 2.57. The average Bonchev–Trinajstić information content (AvgIpc) is 2.38. The van der Waals surface area contributed by atoms with Crippen LogP contribution in [0.3, 0.4) is 0 Å². The first kappa shape index (κ1) is 18.6. The van der Waals surface area contributed by atoms with Gasteiger partial charge in [-0.15, -0.1) is 24.0 Å². The average molecular weight is 393 g/mol. The summed E-state index contributed by atoms with van der Waals surface area (Å²) < 4.78 is 0. The van der Waals surface area contributed by atoms with E-state index < -0.39 is 0 Å². The molecule has 108 valence electrons. The van der Waals surface area contributed by atoms with E-state index in [-0.39, 0.29) is 24.0 Å². The number of nitrogens with zero attached hydrogens (tertiary/aromatic N) is 1. The summed E-state index contributed by atoms with van der Waals surface area (Å²) in [6.07, 6.45) is 2.11. The Bertz CT molecular complexity index is 383. The van der Waals surface area contributed by atoms with Gasteiger partial charge in [0.15, 0.2) is 5.96 Å². The Kier molecular flexibility index (Phi) is 11.1. The van der Waals surface area contributed by atoms with Crippen LogP contribution in [0.5, 0.6) is 0 Å². The minimum absolute atomic E-state index is 0. The molecule has 0 aliphatic rings. The molecule has 0 aromatic heterocycles. The van der Waals surface area contributed by atoms with Crippen LogP contribution in [0.15, 0.2) is 29.3 Å². The molecule has 5 heteroatoms. The Balaban J connectivity index is 0.00000324. The molecule has 0 bridgehead atoms. The first-order chi connectivity index (χ1) is 8.77. The molecule has 0 saturated carbocycles. The Labute approximate surface area is 138 Å². The molecule has 0 radical (unpaired) electrons. The summed E-state index contributed by atoms with van der Waals surface area (Å²) in [6, 6.07) is 8.37. The highest BCUT2D eigenvalue weighted by atomic mass is 127. The lowest BCUT2D eigenvalue weighted by molar-refractivity contribution is 0.842. The van der Waals surface area contributed by atoms with Gasteiger partial charge in [-0.1, -0.05) is 24.3 Å². The number of thioether (sulfide) groups is 1. The molecule has 1 aromatic rings. The van der Waals surface area contributed by atoms with Gasteiger partial charge in [0.2, 0.25) is 0 Å². The minimum atomic E-state index is 0. The van der Waals surface area contributed by atoms with Crippen LogP contribution in [0.2, 0.25) is 0 Å². The number of rotatable bonds is 6. The van der Waals surface area contributed by atoms with E-state index in [0.29, 0.717) is 0 Å². The quantitative estimate of drug-likeness (QED) is 0.338. The molecule has 0 fully saturated rings. The third-order valence-electron chi connectivity index (χ3n) is 2.61. The van der Waals surface area contributed by atoms with Crippen molar-refractivity contribution in [3.63, 3.8) is 0 Å². The predicted octanol–water partition coefficient (Wildman–Crippen LogP) is 3.03. The maximum atomic E-state index is 4.60. The van der Waals surface area contributed by atoms with E-state index in [2.05, 4.69) is 60.0 Å². The number of aryl methyl sites for hydroxylation is 1. The van der Waals surface area contributed by atoms with Gasteiger partial charge >= 0.3 is 0 Å². The number of hydrogen-bond donors (Lipinski definition) is 2. The van der Waals surface area contributed by atoms with Crippen LogP contribution < -0.4 is 10.6 Å². The van der Waals surface area contributed by atoms with Crippen molar-refractivity contribution in [1.82, 2.24) is 10.6 Å². The number of guanidine groups is 1. The molecule has 1 aromatic carbocycles. The van der Waals surface area contributed by atoms with Crippen molar-refractivity contribution >= 4 is 41.7 Å². The van der Waals surface area contributed by atoms with E-state index in [4.69, 9.17) is 0 Å². The lowest BCUT2D eigenvalue weighted by Gasteiger charge is -2.11. The van der Waals surface area contributed by atoms with Gasteiger partial charge in [0.1, 0.15) is 0 Å². The van der Waals surface area contributed by atoms with Gasteiger partial charge in [-0.2, -0.15) is 11.8 Å². The molecule has 1 rings (SSSR count). The van der Waals surface area contributed by atoms with E-state index in [1.54, 1.807) is 0 Å². The van der Waals surface area contributed by atoms with E-state index in [1.165, 1.54) is 11.1 Å². The van der Waals surface area contributed by atoms with Crippen LogP contribution in [-0.2, 0) is 6.54 Å². The Hall–Kier alpha value is -0.430. The van der Waals surface area contributed by atoms with Crippen molar-refractivity contribution in [3.05, 3.63) is 35.4 Å². The first-order valence-electron chi connectivity index (χ1n) is 6.33. The Morgan fingerprint density at radius 1 is 1.26 bits per heavy atom. The van der Waals surface area contributed by atoms with Crippen LogP contribution in [0.1, 0.15) is 18.1 Å². The summed E-state index contributed by atoms with van der Waals surface area (Å²) in [5, 5.41) is 6.59. The summed E-state index contributed by atoms with van der Waals surface area (Å²) in [4.78, 5) is 4.60. The minimum Gasteiger partial charge on any atom is -0.357 e. The van der Waals surface area contributed by atoms with Gasteiger partial charge in [0, 0.05) is 18.8 Å². The molecule has 0 amide bonds. The third-order valence-corrected chi connectivity index (χ3v) is 3.22. The SMILES string of the molecule is CCNC(=NCc1ccccc1C)NCCSC.I. The summed E-state index contributed by atoms with van der Waals surface area (Å²) in [5.74, 6) is 1.99. The van der Waals surface area contributed by atoms with Crippen LogP contribution in [0.25, 0.3) is 0 Å². The third kappa shape index (κ3) is 7.67. The fraction of sp³-hybridized carbons (Fsp3) is 0.500. The zero-order chi connectivity index (χ0) is 13.2. The van der Waals surface area contributed by atoms with Gasteiger partial charge in [-0.3, -0.25) is 0 Å². The van der Waals surface area contributed by atoms with E-state index in [1.807, 2.05) is 11.8 Å². The Morgan fingerprint density at radius 3 is 2.63 bits per heavy atom. The predicted molar refractivity (Wildman–Crippen MR) is 97.8 cm³/mol. The van der Waals surface area contributed by atoms with Crippen LogP contribution in [0.4, 0.5) is 0 Å². The molecule has 3 nitrogen and oxygen atoms in total. The number of nitrogens with one attached hydrogen (secondary N) is 2. The summed E-state index contributed by atoms with van der Waals surface area (Å²) >= 11 is 1.83. The highest BCUT2D eigenvalue weighted by molar-refractivity contribution is 14.0. The van der Waals surface area contributed by atoms with Gasteiger partial charge in [-0.05, 0) is 31.2 Å². The second-order valence-electron chi connectivity index (χ2n) is 4.04. The lowest BCUT2D eigenvalue weighted by Crippen LogP contribution is -2.38. The van der Waals surface area contributed by atoms with Gasteiger partial charge < -0.3 is 10.6 Å². The van der Waals surface area contributed by atoms with E-state index >= 15 is 0 Å². The largest absolute Gasteiger partial charge is 0.357 e. The van der Waals surface area contributed by atoms with Crippen molar-refractivity contribution < 1.29 is 0 Å². The number of halogens is 1. The normalized spacial score (nSPS) is 10.8. The summed E-state index contributed by atoms with van der Waals surface area (Å²) in [6.45, 7) is 6.76. The molecule has 0 saturated heterocycles. The maximum Gasteiger partial charge on any atom is 0.191 e. The van der Waals surface area contributed by atoms with Gasteiger partial charge in [0.05, 0.1) is 6.54 Å². The van der Waals surface area contributed by atoms with Gasteiger partial charge in [0.25, 0.3) is 0 Å². The fourth-order valence-corrected chi connectivity index (χ4v) is 1.87. The van der Waals surface area contributed by atoms with Crippen molar-refractivity contribution in [2.75, 3.05) is 25.1 Å². The van der Waals surface area contributed by atoms with Crippen LogP contribution in [0, 0.1) is 6.92 Å². The number of aliphatic imine (C=N–C) groups is 1. The zero-order valence-corrected chi connectivity index (χ0v) is 15.0. The smallest absolute Gasteiger partial charge is 0.191 e. The number of hydrogen-bond acceptors (Lipinski definition) is 2. The molecular weight excluding hydrogens is 369 g/mol. The molecule has 0 aliphatic carbocycles. The maximum absolute atomic E-state index is 4.60. The molecule has 0 unspecified atom stereocenters. The van der Waals surface area contributed by atoms with E-state index in [9.17, 15) is 0 Å². The standard InChI is InChI=1S/C14H23N3S.HI/c1-4-15-14(16-9-10-18-3)17-11-13-8-6-5-7-12(13)2;/h5-8H,4,9-11H2,1-3H3,(H2,15,16,17);1H. The highest BCUT2D eigenvalue weighted by Crippen LogP contribution is 2.07. The van der Waals surface area contributed by atoms with Gasteiger partial charge in [-0.25, -0.2) is 4.99 Å². The lowest BCUT2D eigenvalue weighted by atomic mass is 10.1. The molecule has 0 aliphatic heterocycles. The molecular formula is C14H24IN3S. The molecule has 0 atom stereocenters. The molecule has 2 N–H and O–H groups in total. The fourth-order valence-electron chi connectivity index (χ4n) is 1.56.